The number of ether oxygens (including phenoxy) is 1. The lowest BCUT2D eigenvalue weighted by Gasteiger charge is -2.34. The topological polar surface area (TPSA) is 56.1 Å². The Morgan fingerprint density at radius 1 is 1.08 bits per heavy atom. The molecule has 3 aromatic heterocycles. The van der Waals surface area contributed by atoms with E-state index in [0.29, 0.717) is 12.5 Å². The van der Waals surface area contributed by atoms with Gasteiger partial charge in [-0.05, 0) is 24.6 Å². The molecule has 1 aliphatic heterocycles. The molecule has 0 fully saturated rings. The third-order valence-electron chi connectivity index (χ3n) is 4.86. The summed E-state index contributed by atoms with van der Waals surface area (Å²) in [6.07, 6.45) is 8.32. The highest BCUT2D eigenvalue weighted by Crippen LogP contribution is 2.26. The number of fused-ring (bicyclic) bond motifs is 1. The monoisotopic (exact) mass is 349 g/mol. The molecule has 4 heterocycles. The summed E-state index contributed by atoms with van der Waals surface area (Å²) in [6, 6.07) is 10.1. The fourth-order valence-corrected chi connectivity index (χ4v) is 3.44. The van der Waals surface area contributed by atoms with Gasteiger partial charge in [-0.25, -0.2) is 9.97 Å². The summed E-state index contributed by atoms with van der Waals surface area (Å²) in [7, 11) is 0. The number of imidazole rings is 1. The number of hydrogen-bond acceptors (Lipinski definition) is 5. The molecule has 0 aliphatic carbocycles. The second kappa shape index (κ2) is 7.66. The molecule has 1 atom stereocenters. The molecule has 26 heavy (non-hydrogen) atoms. The number of hydrogen-bond donors (Lipinski definition) is 0. The molecule has 0 saturated heterocycles. The summed E-state index contributed by atoms with van der Waals surface area (Å²) in [5.74, 6) is 1.80. The number of pyridine rings is 2. The van der Waals surface area contributed by atoms with E-state index in [9.17, 15) is 0 Å². The third kappa shape index (κ3) is 3.60. The zero-order valence-corrected chi connectivity index (χ0v) is 15.0. The number of nitrogens with zero attached hydrogens (tertiary/aromatic N) is 5. The molecule has 6 nitrogen and oxygen atoms in total. The quantitative estimate of drug-likeness (QED) is 0.685. The van der Waals surface area contributed by atoms with Crippen molar-refractivity contribution in [2.24, 2.45) is 0 Å². The van der Waals surface area contributed by atoms with Crippen LogP contribution in [0.15, 0.2) is 55.1 Å². The lowest BCUT2D eigenvalue weighted by molar-refractivity contribution is 0.154. The van der Waals surface area contributed by atoms with Crippen LogP contribution in [0.2, 0.25) is 0 Å². The minimum Gasteiger partial charge on any atom is -0.477 e. The van der Waals surface area contributed by atoms with Gasteiger partial charge in [-0.15, -0.1) is 0 Å². The van der Waals surface area contributed by atoms with Crippen molar-refractivity contribution < 1.29 is 4.74 Å². The van der Waals surface area contributed by atoms with Gasteiger partial charge in [-0.2, -0.15) is 0 Å². The van der Waals surface area contributed by atoms with E-state index in [2.05, 4.69) is 37.4 Å². The standard InChI is InChI=1S/C20H23N5O/c1-16-20-23-14-18(7-12-26-19-6-2-3-9-22-19)25(20)11-10-24(16)15-17-5-4-8-21-13-17/h2-6,8-9,13-14,16H,7,10-12,15H2,1H3/t16-/m0/s1. The van der Waals surface area contributed by atoms with E-state index in [4.69, 9.17) is 4.74 Å². The first-order valence-electron chi connectivity index (χ1n) is 9.02. The zero-order valence-electron chi connectivity index (χ0n) is 15.0. The zero-order chi connectivity index (χ0) is 17.8. The van der Waals surface area contributed by atoms with E-state index < -0.39 is 0 Å². The molecular formula is C20H23N5O. The molecule has 0 N–H and O–H groups in total. The molecule has 0 spiro atoms. The lowest BCUT2D eigenvalue weighted by Crippen LogP contribution is -2.37. The molecule has 0 unspecified atom stereocenters. The van der Waals surface area contributed by atoms with Crippen molar-refractivity contribution >= 4 is 0 Å². The molecule has 0 radical (unpaired) electrons. The van der Waals surface area contributed by atoms with Crippen LogP contribution in [-0.4, -0.2) is 37.6 Å². The van der Waals surface area contributed by atoms with Gasteiger partial charge in [-0.3, -0.25) is 9.88 Å². The van der Waals surface area contributed by atoms with Crippen molar-refractivity contribution in [3.05, 3.63) is 72.2 Å². The Kier molecular flexibility index (Phi) is 4.93. The van der Waals surface area contributed by atoms with E-state index in [1.807, 2.05) is 42.9 Å². The van der Waals surface area contributed by atoms with Gasteiger partial charge < -0.3 is 9.30 Å². The van der Waals surface area contributed by atoms with Crippen LogP contribution < -0.4 is 4.74 Å². The maximum Gasteiger partial charge on any atom is 0.213 e. The Hall–Kier alpha value is -2.73. The van der Waals surface area contributed by atoms with Crippen LogP contribution in [0.4, 0.5) is 0 Å². The minimum absolute atomic E-state index is 0.286. The van der Waals surface area contributed by atoms with Crippen molar-refractivity contribution in [2.75, 3.05) is 13.2 Å². The second-order valence-electron chi connectivity index (χ2n) is 6.53. The SMILES string of the molecule is C[C@H]1c2ncc(CCOc3ccccn3)n2CCN1Cc1cccnc1. The number of rotatable bonds is 6. The Morgan fingerprint density at radius 3 is 2.85 bits per heavy atom. The molecule has 0 aromatic carbocycles. The lowest BCUT2D eigenvalue weighted by atomic mass is 10.1. The van der Waals surface area contributed by atoms with Gasteiger partial charge in [0.15, 0.2) is 0 Å². The van der Waals surface area contributed by atoms with Crippen LogP contribution in [0.1, 0.15) is 30.0 Å². The normalized spacial score (nSPS) is 17.0. The van der Waals surface area contributed by atoms with Gasteiger partial charge in [0.25, 0.3) is 0 Å². The fraction of sp³-hybridized carbons (Fsp3) is 0.350. The first-order valence-corrected chi connectivity index (χ1v) is 9.02. The highest BCUT2D eigenvalue weighted by atomic mass is 16.5. The van der Waals surface area contributed by atoms with Crippen LogP contribution in [0.3, 0.4) is 0 Å². The molecule has 1 aliphatic rings. The van der Waals surface area contributed by atoms with Gasteiger partial charge in [-0.1, -0.05) is 12.1 Å². The molecule has 6 heteroatoms. The molecule has 0 amide bonds. The minimum atomic E-state index is 0.286. The largest absolute Gasteiger partial charge is 0.477 e. The predicted octanol–water partition coefficient (Wildman–Crippen LogP) is 2.87. The fourth-order valence-electron chi connectivity index (χ4n) is 3.44. The first kappa shape index (κ1) is 16.7. The van der Waals surface area contributed by atoms with Crippen molar-refractivity contribution in [3.8, 4) is 5.88 Å². The Morgan fingerprint density at radius 2 is 2.04 bits per heavy atom. The van der Waals surface area contributed by atoms with Gasteiger partial charge in [0.1, 0.15) is 5.82 Å². The third-order valence-corrected chi connectivity index (χ3v) is 4.86. The molecule has 0 saturated carbocycles. The Balaban J connectivity index is 1.39. The maximum atomic E-state index is 5.73. The molecular weight excluding hydrogens is 326 g/mol. The summed E-state index contributed by atoms with van der Waals surface area (Å²) in [4.78, 5) is 15.5. The van der Waals surface area contributed by atoms with Gasteiger partial charge in [0.05, 0.1) is 12.6 Å². The van der Waals surface area contributed by atoms with Crippen LogP contribution in [0.5, 0.6) is 5.88 Å². The van der Waals surface area contributed by atoms with Crippen LogP contribution in [0, 0.1) is 0 Å². The van der Waals surface area contributed by atoms with E-state index in [1.165, 1.54) is 11.3 Å². The first-order chi connectivity index (χ1) is 12.8. The second-order valence-corrected chi connectivity index (χ2v) is 6.53. The summed E-state index contributed by atoms with van der Waals surface area (Å²) >= 11 is 0. The highest BCUT2D eigenvalue weighted by Gasteiger charge is 2.26. The molecule has 4 rings (SSSR count). The molecule has 134 valence electrons. The summed E-state index contributed by atoms with van der Waals surface area (Å²) < 4.78 is 8.07. The van der Waals surface area contributed by atoms with E-state index in [0.717, 1.165) is 31.9 Å². The van der Waals surface area contributed by atoms with Crippen LogP contribution in [-0.2, 0) is 19.5 Å². The summed E-state index contributed by atoms with van der Waals surface area (Å²) in [5, 5.41) is 0. The number of aromatic nitrogens is 4. The average Bonchev–Trinajstić information content (AvgIpc) is 3.10. The Bertz CT molecular complexity index is 834. The summed E-state index contributed by atoms with van der Waals surface area (Å²) in [5.41, 5.74) is 2.46. The molecule has 3 aromatic rings. The smallest absolute Gasteiger partial charge is 0.213 e. The van der Waals surface area contributed by atoms with Crippen molar-refractivity contribution in [1.29, 1.82) is 0 Å². The summed E-state index contributed by atoms with van der Waals surface area (Å²) in [6.45, 7) is 5.70. The van der Waals surface area contributed by atoms with Gasteiger partial charge in [0, 0.05) is 62.6 Å². The maximum absolute atomic E-state index is 5.73. The van der Waals surface area contributed by atoms with Crippen molar-refractivity contribution in [3.63, 3.8) is 0 Å². The van der Waals surface area contributed by atoms with Crippen molar-refractivity contribution in [2.45, 2.75) is 32.5 Å². The van der Waals surface area contributed by atoms with E-state index in [-0.39, 0.29) is 6.04 Å². The predicted molar refractivity (Wildman–Crippen MR) is 98.7 cm³/mol. The van der Waals surface area contributed by atoms with Crippen LogP contribution >= 0.6 is 0 Å². The Labute approximate surface area is 153 Å². The van der Waals surface area contributed by atoms with E-state index >= 15 is 0 Å². The highest BCUT2D eigenvalue weighted by molar-refractivity contribution is 5.14. The van der Waals surface area contributed by atoms with Crippen LogP contribution in [0.25, 0.3) is 0 Å². The van der Waals surface area contributed by atoms with Crippen molar-refractivity contribution in [1.82, 2.24) is 24.4 Å². The van der Waals surface area contributed by atoms with Gasteiger partial charge in [0.2, 0.25) is 5.88 Å². The molecule has 0 bridgehead atoms. The average molecular weight is 349 g/mol. The van der Waals surface area contributed by atoms with E-state index in [1.54, 1.807) is 6.20 Å². The van der Waals surface area contributed by atoms with Gasteiger partial charge >= 0.3 is 0 Å².